The van der Waals surface area contributed by atoms with E-state index < -0.39 is 23.1 Å². The molecule has 2 aromatic rings. The maximum atomic E-state index is 12.5. The largest absolute Gasteiger partial charge is 0.481 e. The SMILES string of the molecule is O=C(O)Cc1cc(Cl)c(Cl)cc1C(=O)c1ccc([N+](=O)[O-])cc1. The van der Waals surface area contributed by atoms with Crippen molar-refractivity contribution in [1.82, 2.24) is 0 Å². The predicted molar refractivity (Wildman–Crippen MR) is 84.3 cm³/mol. The van der Waals surface area contributed by atoms with Crippen molar-refractivity contribution < 1.29 is 19.6 Å². The minimum Gasteiger partial charge on any atom is -0.481 e. The van der Waals surface area contributed by atoms with E-state index in [0.29, 0.717) is 0 Å². The Morgan fingerprint density at radius 2 is 1.65 bits per heavy atom. The molecule has 0 aliphatic rings. The molecule has 0 amide bonds. The second-order valence-corrected chi connectivity index (χ2v) is 5.44. The van der Waals surface area contributed by atoms with Crippen molar-refractivity contribution >= 4 is 40.6 Å². The Labute approximate surface area is 140 Å². The van der Waals surface area contributed by atoms with Crippen LogP contribution in [0.25, 0.3) is 0 Å². The summed E-state index contributed by atoms with van der Waals surface area (Å²) in [6.45, 7) is 0. The Balaban J connectivity index is 2.47. The highest BCUT2D eigenvalue weighted by molar-refractivity contribution is 6.42. The Hall–Kier alpha value is -2.44. The van der Waals surface area contributed by atoms with Crippen LogP contribution in [0.3, 0.4) is 0 Å². The number of benzene rings is 2. The molecule has 0 saturated heterocycles. The lowest BCUT2D eigenvalue weighted by Gasteiger charge is -2.09. The van der Waals surface area contributed by atoms with E-state index in [2.05, 4.69) is 0 Å². The molecule has 6 nitrogen and oxygen atoms in total. The minimum absolute atomic E-state index is 0.0932. The van der Waals surface area contributed by atoms with E-state index in [1.807, 2.05) is 0 Å². The summed E-state index contributed by atoms with van der Waals surface area (Å²) < 4.78 is 0. The second kappa shape index (κ2) is 6.76. The van der Waals surface area contributed by atoms with E-state index in [0.717, 1.165) is 0 Å². The first-order valence-corrected chi connectivity index (χ1v) is 7.04. The molecule has 0 heterocycles. The molecular weight excluding hydrogens is 345 g/mol. The Bertz CT molecular complexity index is 802. The molecule has 2 aromatic carbocycles. The van der Waals surface area contributed by atoms with Crippen molar-refractivity contribution in [1.29, 1.82) is 0 Å². The summed E-state index contributed by atoms with van der Waals surface area (Å²) in [5.74, 6) is -1.61. The lowest BCUT2D eigenvalue weighted by Crippen LogP contribution is -2.10. The van der Waals surface area contributed by atoms with Crippen LogP contribution < -0.4 is 0 Å². The van der Waals surface area contributed by atoms with Crippen LogP contribution >= 0.6 is 23.2 Å². The highest BCUT2D eigenvalue weighted by atomic mass is 35.5. The molecule has 1 N–H and O–H groups in total. The first-order valence-electron chi connectivity index (χ1n) is 6.28. The van der Waals surface area contributed by atoms with Crippen molar-refractivity contribution in [2.45, 2.75) is 6.42 Å². The summed E-state index contributed by atoms with van der Waals surface area (Å²) >= 11 is 11.8. The molecule has 23 heavy (non-hydrogen) atoms. The van der Waals surface area contributed by atoms with Crippen molar-refractivity contribution in [2.75, 3.05) is 0 Å². The number of carbonyl (C=O) groups excluding carboxylic acids is 1. The van der Waals surface area contributed by atoms with Crippen molar-refractivity contribution in [2.24, 2.45) is 0 Å². The fourth-order valence-corrected chi connectivity index (χ4v) is 2.35. The van der Waals surface area contributed by atoms with Crippen LogP contribution in [-0.2, 0) is 11.2 Å². The van der Waals surface area contributed by atoms with Gasteiger partial charge in [-0.1, -0.05) is 23.2 Å². The van der Waals surface area contributed by atoms with Gasteiger partial charge in [0.25, 0.3) is 5.69 Å². The second-order valence-electron chi connectivity index (χ2n) is 4.63. The average Bonchev–Trinajstić information content (AvgIpc) is 2.49. The fourth-order valence-electron chi connectivity index (χ4n) is 2.00. The lowest BCUT2D eigenvalue weighted by molar-refractivity contribution is -0.384. The molecule has 0 unspecified atom stereocenters. The molecule has 0 spiro atoms. The van der Waals surface area contributed by atoms with Gasteiger partial charge in [-0.2, -0.15) is 0 Å². The molecule has 0 bridgehead atoms. The topological polar surface area (TPSA) is 97.5 Å². The third kappa shape index (κ3) is 3.85. The molecule has 0 atom stereocenters. The first-order chi connectivity index (χ1) is 10.8. The molecule has 2 rings (SSSR count). The zero-order valence-corrected chi connectivity index (χ0v) is 13.0. The number of non-ortho nitro benzene ring substituents is 1. The van der Waals surface area contributed by atoms with Crippen molar-refractivity contribution in [3.63, 3.8) is 0 Å². The van der Waals surface area contributed by atoms with E-state index in [4.69, 9.17) is 28.3 Å². The zero-order chi connectivity index (χ0) is 17.1. The van der Waals surface area contributed by atoms with Crippen LogP contribution in [0.2, 0.25) is 10.0 Å². The van der Waals surface area contributed by atoms with Gasteiger partial charge in [0.05, 0.1) is 21.4 Å². The Morgan fingerprint density at radius 3 is 2.17 bits per heavy atom. The number of nitro groups is 1. The van der Waals surface area contributed by atoms with Gasteiger partial charge in [-0.15, -0.1) is 0 Å². The number of nitrogens with zero attached hydrogens (tertiary/aromatic N) is 1. The van der Waals surface area contributed by atoms with Crippen LogP contribution in [0, 0.1) is 10.1 Å². The third-order valence-electron chi connectivity index (χ3n) is 3.07. The van der Waals surface area contributed by atoms with E-state index in [-0.39, 0.29) is 32.4 Å². The number of carboxylic acids is 1. The van der Waals surface area contributed by atoms with Gasteiger partial charge in [0.2, 0.25) is 0 Å². The summed E-state index contributed by atoms with van der Waals surface area (Å²) in [5, 5.41) is 19.8. The van der Waals surface area contributed by atoms with Gasteiger partial charge >= 0.3 is 5.97 Å². The predicted octanol–water partition coefficient (Wildman–Crippen LogP) is 3.76. The summed E-state index contributed by atoms with van der Waals surface area (Å²) in [7, 11) is 0. The number of carboxylic acid groups (broad SMARTS) is 1. The lowest BCUT2D eigenvalue weighted by atomic mass is 9.96. The molecule has 8 heteroatoms. The summed E-state index contributed by atoms with van der Waals surface area (Å²) in [5.41, 5.74) is 0.341. The number of halogens is 2. The van der Waals surface area contributed by atoms with Crippen LogP contribution in [0.4, 0.5) is 5.69 Å². The maximum absolute atomic E-state index is 12.5. The Kier molecular flexibility index (Phi) is 4.98. The van der Waals surface area contributed by atoms with Gasteiger partial charge in [0.1, 0.15) is 0 Å². The standard InChI is InChI=1S/C15H9Cl2NO5/c16-12-5-9(6-14(19)20)11(7-13(12)17)15(21)8-1-3-10(4-2-8)18(22)23/h1-5,7H,6H2,(H,19,20). The molecule has 0 radical (unpaired) electrons. The summed E-state index contributed by atoms with van der Waals surface area (Å²) in [6.07, 6.45) is -0.398. The van der Waals surface area contributed by atoms with E-state index >= 15 is 0 Å². The number of ketones is 1. The van der Waals surface area contributed by atoms with E-state index in [1.165, 1.54) is 36.4 Å². The fraction of sp³-hybridized carbons (Fsp3) is 0.0667. The number of nitro benzene ring substituents is 1. The number of carbonyl (C=O) groups is 2. The molecule has 0 aliphatic heterocycles. The van der Waals surface area contributed by atoms with Gasteiger partial charge in [0.15, 0.2) is 5.78 Å². The van der Waals surface area contributed by atoms with E-state index in [9.17, 15) is 19.7 Å². The molecule has 0 fully saturated rings. The number of hydrogen-bond donors (Lipinski definition) is 1. The highest BCUT2D eigenvalue weighted by Crippen LogP contribution is 2.28. The molecular formula is C15H9Cl2NO5. The first kappa shape index (κ1) is 16.9. The van der Waals surface area contributed by atoms with Gasteiger partial charge in [0, 0.05) is 23.3 Å². The number of aliphatic carboxylic acids is 1. The number of rotatable bonds is 5. The van der Waals surface area contributed by atoms with Gasteiger partial charge in [-0.25, -0.2) is 0 Å². The zero-order valence-electron chi connectivity index (χ0n) is 11.5. The van der Waals surface area contributed by atoms with Crippen LogP contribution in [0.1, 0.15) is 21.5 Å². The average molecular weight is 354 g/mol. The van der Waals surface area contributed by atoms with Crippen LogP contribution in [0.15, 0.2) is 36.4 Å². The van der Waals surface area contributed by atoms with E-state index in [1.54, 1.807) is 0 Å². The smallest absolute Gasteiger partial charge is 0.307 e. The van der Waals surface area contributed by atoms with Crippen molar-refractivity contribution in [3.05, 3.63) is 73.2 Å². The molecule has 118 valence electrons. The quantitative estimate of drug-likeness (QED) is 0.501. The number of hydrogen-bond acceptors (Lipinski definition) is 4. The molecule has 0 aliphatic carbocycles. The van der Waals surface area contributed by atoms with Gasteiger partial charge in [-0.3, -0.25) is 19.7 Å². The monoisotopic (exact) mass is 353 g/mol. The third-order valence-corrected chi connectivity index (χ3v) is 3.79. The summed E-state index contributed by atoms with van der Waals surface area (Å²) in [6, 6.07) is 7.62. The van der Waals surface area contributed by atoms with Gasteiger partial charge < -0.3 is 5.11 Å². The van der Waals surface area contributed by atoms with Crippen molar-refractivity contribution in [3.8, 4) is 0 Å². The maximum Gasteiger partial charge on any atom is 0.307 e. The summed E-state index contributed by atoms with van der Waals surface area (Å²) in [4.78, 5) is 33.5. The molecule has 0 saturated carbocycles. The molecule has 0 aromatic heterocycles. The Morgan fingerprint density at radius 1 is 1.09 bits per heavy atom. The van der Waals surface area contributed by atoms with Gasteiger partial charge in [-0.05, 0) is 29.8 Å². The highest BCUT2D eigenvalue weighted by Gasteiger charge is 2.19. The van der Waals surface area contributed by atoms with Crippen LogP contribution in [-0.4, -0.2) is 21.8 Å². The normalized spacial score (nSPS) is 10.3. The minimum atomic E-state index is -1.12. The van der Waals surface area contributed by atoms with Crippen LogP contribution in [0.5, 0.6) is 0 Å².